The molecule has 13 heteroatoms. The maximum absolute atomic E-state index is 13.1. The van der Waals surface area contributed by atoms with E-state index in [1.165, 1.54) is 19.2 Å². The molecule has 3 N–H and O–H groups in total. The molecule has 1 aliphatic heterocycles. The average molecular weight is 467 g/mol. The van der Waals surface area contributed by atoms with Gasteiger partial charge in [-0.25, -0.2) is 9.50 Å². The number of aromatic amines is 1. The number of methoxy groups -OCH3 is 1. The number of hydrogen-bond acceptors (Lipinski definition) is 10. The predicted molar refractivity (Wildman–Crippen MR) is 122 cm³/mol. The summed E-state index contributed by atoms with van der Waals surface area (Å²) in [7, 11) is 1.64. The highest BCUT2D eigenvalue weighted by Gasteiger charge is 2.39. The molecule has 1 saturated carbocycles. The fourth-order valence-electron chi connectivity index (χ4n) is 4.12. The Bertz CT molecular complexity index is 1280. The fraction of sp³-hybridized carbons (Fsp3) is 0.400. The van der Waals surface area contributed by atoms with Crippen molar-refractivity contribution in [1.82, 2.24) is 34.2 Å². The summed E-state index contributed by atoms with van der Waals surface area (Å²) in [6.45, 7) is 0.491. The topological polar surface area (TPSA) is 138 Å². The molecule has 2 aliphatic rings. The van der Waals surface area contributed by atoms with Gasteiger partial charge in [0, 0.05) is 55.5 Å². The molecule has 1 aliphatic carbocycles. The largest absolute Gasteiger partial charge is 0.380 e. The van der Waals surface area contributed by atoms with Crippen LogP contribution in [0.2, 0.25) is 0 Å². The molecule has 4 aromatic rings. The number of hydrogen-bond donors (Lipinski definition) is 3. The molecule has 1 saturated heterocycles. The van der Waals surface area contributed by atoms with Crippen LogP contribution in [0, 0.1) is 0 Å². The van der Waals surface area contributed by atoms with Crippen molar-refractivity contribution >= 4 is 45.7 Å². The summed E-state index contributed by atoms with van der Waals surface area (Å²) in [6, 6.07) is 5.35. The number of amides is 1. The Kier molecular flexibility index (Phi) is 4.91. The minimum absolute atomic E-state index is 0.122. The highest BCUT2D eigenvalue weighted by Crippen LogP contribution is 2.39. The van der Waals surface area contributed by atoms with Crippen molar-refractivity contribution in [3.8, 4) is 0 Å². The van der Waals surface area contributed by atoms with Crippen molar-refractivity contribution in [2.75, 3.05) is 29.2 Å². The van der Waals surface area contributed by atoms with Gasteiger partial charge in [-0.1, -0.05) is 0 Å². The molecule has 5 heterocycles. The van der Waals surface area contributed by atoms with Crippen molar-refractivity contribution in [3.63, 3.8) is 0 Å². The average Bonchev–Trinajstić information content (AvgIpc) is 3.28. The van der Waals surface area contributed by atoms with Gasteiger partial charge >= 0.3 is 0 Å². The third-order valence-corrected chi connectivity index (χ3v) is 6.57. The van der Waals surface area contributed by atoms with Crippen LogP contribution in [-0.2, 0) is 9.53 Å². The van der Waals surface area contributed by atoms with Gasteiger partial charge < -0.3 is 15.0 Å². The van der Waals surface area contributed by atoms with E-state index in [1.807, 2.05) is 29.3 Å². The van der Waals surface area contributed by atoms with Crippen molar-refractivity contribution in [2.45, 2.75) is 37.3 Å². The standard InChI is InChI=1S/C20H22N10O2S/c1-32-12-7-15(18(31)25-20-21-10-22-33-20)29(9-12)19-24-17(14-3-2-6-30(14)28-19)23-16-8-13(26-27-16)11-4-5-11/h2-3,6,8,10-12,15H,4-5,7,9H2,1H3,(H,21,22,25,31)(H2,23,24,26,27,28)/t12-,15-/m0/s1. The van der Waals surface area contributed by atoms with Gasteiger partial charge in [0.15, 0.2) is 11.6 Å². The van der Waals surface area contributed by atoms with E-state index in [1.54, 1.807) is 11.6 Å². The number of carbonyl (C=O) groups excluding carboxylic acids is 1. The van der Waals surface area contributed by atoms with E-state index in [-0.39, 0.29) is 12.0 Å². The maximum atomic E-state index is 13.1. The Morgan fingerprint density at radius 3 is 3.06 bits per heavy atom. The van der Waals surface area contributed by atoms with E-state index < -0.39 is 6.04 Å². The van der Waals surface area contributed by atoms with Gasteiger partial charge in [0.05, 0.1) is 6.10 Å². The monoisotopic (exact) mass is 466 g/mol. The number of aromatic nitrogens is 7. The van der Waals surface area contributed by atoms with Gasteiger partial charge in [-0.3, -0.25) is 15.2 Å². The minimum Gasteiger partial charge on any atom is -0.380 e. The summed E-state index contributed by atoms with van der Waals surface area (Å²) in [5, 5.41) is 18.8. The summed E-state index contributed by atoms with van der Waals surface area (Å²) < 4.78 is 11.3. The van der Waals surface area contributed by atoms with Crippen LogP contribution < -0.4 is 15.5 Å². The number of carbonyl (C=O) groups is 1. The molecule has 0 aromatic carbocycles. The van der Waals surface area contributed by atoms with Gasteiger partial charge in [0.25, 0.3) is 0 Å². The van der Waals surface area contributed by atoms with Crippen LogP contribution in [0.15, 0.2) is 30.7 Å². The Hall–Kier alpha value is -3.58. The molecule has 2 fully saturated rings. The molecule has 0 bridgehead atoms. The van der Waals surface area contributed by atoms with E-state index in [4.69, 9.17) is 9.72 Å². The number of nitrogens with one attached hydrogen (secondary N) is 3. The van der Waals surface area contributed by atoms with Gasteiger partial charge in [-0.2, -0.15) is 14.5 Å². The molecular weight excluding hydrogens is 444 g/mol. The van der Waals surface area contributed by atoms with Crippen LogP contribution in [0.5, 0.6) is 0 Å². The van der Waals surface area contributed by atoms with E-state index in [9.17, 15) is 4.79 Å². The van der Waals surface area contributed by atoms with E-state index in [2.05, 4.69) is 35.3 Å². The lowest BCUT2D eigenvalue weighted by molar-refractivity contribution is -0.117. The van der Waals surface area contributed by atoms with Crippen molar-refractivity contribution in [2.24, 2.45) is 0 Å². The zero-order chi connectivity index (χ0) is 22.4. The third-order valence-electron chi connectivity index (χ3n) is 5.99. The van der Waals surface area contributed by atoms with Crippen molar-refractivity contribution in [1.29, 1.82) is 0 Å². The summed E-state index contributed by atoms with van der Waals surface area (Å²) >= 11 is 1.13. The third kappa shape index (κ3) is 3.89. The highest BCUT2D eigenvalue weighted by atomic mass is 32.1. The van der Waals surface area contributed by atoms with E-state index in [0.717, 1.165) is 22.7 Å². The summed E-state index contributed by atoms with van der Waals surface area (Å²) in [4.78, 5) is 23.8. The molecule has 4 aromatic heterocycles. The van der Waals surface area contributed by atoms with Gasteiger partial charge in [0.1, 0.15) is 17.9 Å². The summed E-state index contributed by atoms with van der Waals surface area (Å²) in [6.07, 6.45) is 6.04. The first-order chi connectivity index (χ1) is 16.2. The van der Waals surface area contributed by atoms with Crippen molar-refractivity contribution < 1.29 is 9.53 Å². The first-order valence-electron chi connectivity index (χ1n) is 10.7. The van der Waals surface area contributed by atoms with Crippen LogP contribution in [0.4, 0.5) is 22.7 Å². The number of rotatable bonds is 7. The number of ether oxygens (including phenoxy) is 1. The first-order valence-corrected chi connectivity index (χ1v) is 11.5. The zero-order valence-corrected chi connectivity index (χ0v) is 18.6. The second-order valence-electron chi connectivity index (χ2n) is 8.20. The highest BCUT2D eigenvalue weighted by molar-refractivity contribution is 7.09. The molecule has 6 rings (SSSR count). The molecule has 33 heavy (non-hydrogen) atoms. The second kappa shape index (κ2) is 8.08. The molecular formula is C20H22N10O2S. The second-order valence-corrected chi connectivity index (χ2v) is 8.98. The Morgan fingerprint density at radius 1 is 1.36 bits per heavy atom. The molecule has 0 spiro atoms. The maximum Gasteiger partial charge on any atom is 0.249 e. The Labute approximate surface area is 192 Å². The van der Waals surface area contributed by atoms with Crippen LogP contribution >= 0.6 is 11.5 Å². The summed E-state index contributed by atoms with van der Waals surface area (Å²) in [5.41, 5.74) is 1.95. The molecule has 2 atom stereocenters. The minimum atomic E-state index is -0.508. The normalized spacial score (nSPS) is 20.5. The van der Waals surface area contributed by atoms with E-state index in [0.29, 0.717) is 41.6 Å². The molecule has 170 valence electrons. The zero-order valence-electron chi connectivity index (χ0n) is 17.8. The van der Waals surface area contributed by atoms with Crippen LogP contribution in [0.3, 0.4) is 0 Å². The fourth-order valence-corrected chi connectivity index (χ4v) is 4.55. The molecule has 0 unspecified atom stereocenters. The van der Waals surface area contributed by atoms with Gasteiger partial charge in [-0.15, -0.1) is 5.10 Å². The molecule has 1 amide bonds. The Balaban J connectivity index is 1.32. The predicted octanol–water partition coefficient (Wildman–Crippen LogP) is 2.16. The first kappa shape index (κ1) is 20.1. The quantitative estimate of drug-likeness (QED) is 0.374. The van der Waals surface area contributed by atoms with Crippen LogP contribution in [-0.4, -0.2) is 65.9 Å². The number of H-pyrrole nitrogens is 1. The number of anilines is 4. The van der Waals surface area contributed by atoms with Crippen LogP contribution in [0.1, 0.15) is 30.9 Å². The van der Waals surface area contributed by atoms with Crippen molar-refractivity contribution in [3.05, 3.63) is 36.4 Å². The lowest BCUT2D eigenvalue weighted by atomic mass is 10.2. The molecule has 12 nitrogen and oxygen atoms in total. The Morgan fingerprint density at radius 2 is 2.27 bits per heavy atom. The SMILES string of the molecule is CO[C@H]1C[C@@H](C(=O)Nc2ncns2)N(c2nc(Nc3cc(C4CC4)[nH]n3)c3cccn3n2)C1. The number of nitrogens with zero attached hydrogens (tertiary/aromatic N) is 7. The van der Waals surface area contributed by atoms with Gasteiger partial charge in [-0.05, 0) is 25.0 Å². The van der Waals surface area contributed by atoms with E-state index >= 15 is 0 Å². The molecule has 0 radical (unpaired) electrons. The summed E-state index contributed by atoms with van der Waals surface area (Å²) in [5.74, 6) is 2.12. The smallest absolute Gasteiger partial charge is 0.249 e. The van der Waals surface area contributed by atoms with Crippen LogP contribution in [0.25, 0.3) is 5.52 Å². The lowest BCUT2D eigenvalue weighted by Crippen LogP contribution is -2.41. The number of fused-ring (bicyclic) bond motifs is 1. The lowest BCUT2D eigenvalue weighted by Gasteiger charge is -2.23. The van der Waals surface area contributed by atoms with Gasteiger partial charge in [0.2, 0.25) is 17.0 Å².